The molecule has 3 aliphatic rings. The number of rotatable bonds is 0. The summed E-state index contributed by atoms with van der Waals surface area (Å²) in [5.74, 6) is 1.92. The second-order valence-corrected chi connectivity index (χ2v) is 9.88. The minimum atomic E-state index is 0.164. The molecule has 0 aliphatic heterocycles. The Morgan fingerprint density at radius 2 is 1.21 bits per heavy atom. The van der Waals surface area contributed by atoms with E-state index in [1.807, 2.05) is 0 Å². The molecule has 1 fully saturated rings. The van der Waals surface area contributed by atoms with Crippen LogP contribution >= 0.6 is 0 Å². The summed E-state index contributed by atoms with van der Waals surface area (Å²) in [6.45, 7) is 13.4. The van der Waals surface area contributed by atoms with Crippen LogP contribution in [0.3, 0.4) is 0 Å². The van der Waals surface area contributed by atoms with Crippen LogP contribution in [0.25, 0.3) is 21.5 Å². The Labute approximate surface area is 172 Å². The van der Waals surface area contributed by atoms with Crippen LogP contribution in [-0.4, -0.2) is 5.78 Å². The van der Waals surface area contributed by atoms with E-state index in [2.05, 4.69) is 65.8 Å². The smallest absolute Gasteiger partial charge is 0.168 e. The third-order valence-electron chi connectivity index (χ3n) is 8.74. The summed E-state index contributed by atoms with van der Waals surface area (Å²) in [6.07, 6.45) is 5.88. The lowest BCUT2D eigenvalue weighted by molar-refractivity contribution is 0.0912. The number of ketones is 1. The standard InChI is InChI=1S/C28H28O/c1-12-9-20-22(16(5)14(12)3)23-17(6)15(4)13(2)10-21(23)27-26(20)24-18-7-8-19(11-18)25(24)28(27)29/h7-10,18-19,24-25H,11H2,1-6H3/t18-,19+,24+,25-/m0/s1. The van der Waals surface area contributed by atoms with E-state index in [-0.39, 0.29) is 5.92 Å². The highest BCUT2D eigenvalue weighted by molar-refractivity contribution is 6.24. The fourth-order valence-electron chi connectivity index (χ4n) is 6.85. The summed E-state index contributed by atoms with van der Waals surface area (Å²) in [6, 6.07) is 4.69. The number of hydrogen-bond donors (Lipinski definition) is 0. The fraction of sp³-hybridized carbons (Fsp3) is 0.393. The van der Waals surface area contributed by atoms with E-state index in [0.29, 0.717) is 23.5 Å². The molecule has 0 amide bonds. The molecule has 4 atom stereocenters. The van der Waals surface area contributed by atoms with E-state index in [9.17, 15) is 4.79 Å². The van der Waals surface area contributed by atoms with Gasteiger partial charge >= 0.3 is 0 Å². The quantitative estimate of drug-likeness (QED) is 0.305. The van der Waals surface area contributed by atoms with Gasteiger partial charge in [-0.05, 0) is 120 Å². The molecule has 3 aromatic rings. The lowest BCUT2D eigenvalue weighted by atomic mass is 9.79. The van der Waals surface area contributed by atoms with Gasteiger partial charge in [0.1, 0.15) is 0 Å². The predicted octanol–water partition coefficient (Wildman–Crippen LogP) is 6.95. The van der Waals surface area contributed by atoms with Crippen molar-refractivity contribution in [3.05, 3.63) is 68.8 Å². The number of fused-ring (bicyclic) bond motifs is 12. The topological polar surface area (TPSA) is 17.1 Å². The molecule has 146 valence electrons. The van der Waals surface area contributed by atoms with Gasteiger partial charge in [0.15, 0.2) is 5.78 Å². The summed E-state index contributed by atoms with van der Waals surface area (Å²) in [5, 5.41) is 5.26. The number of carbonyl (C=O) groups is 1. The number of aryl methyl sites for hydroxylation is 4. The van der Waals surface area contributed by atoms with Gasteiger partial charge in [-0.1, -0.05) is 24.3 Å². The molecule has 1 heteroatoms. The molecule has 6 rings (SSSR count). The maximum Gasteiger partial charge on any atom is 0.168 e. The van der Waals surface area contributed by atoms with Crippen molar-refractivity contribution in [3.8, 4) is 0 Å². The largest absolute Gasteiger partial charge is 0.294 e. The lowest BCUT2D eigenvalue weighted by Gasteiger charge is -2.24. The van der Waals surface area contributed by atoms with Crippen molar-refractivity contribution in [2.45, 2.75) is 53.9 Å². The van der Waals surface area contributed by atoms with Crippen LogP contribution < -0.4 is 0 Å². The van der Waals surface area contributed by atoms with E-state index in [0.717, 1.165) is 12.0 Å². The van der Waals surface area contributed by atoms with E-state index in [1.54, 1.807) is 0 Å². The fourth-order valence-corrected chi connectivity index (χ4v) is 6.85. The van der Waals surface area contributed by atoms with Gasteiger partial charge in [0, 0.05) is 17.4 Å². The first-order valence-electron chi connectivity index (χ1n) is 11.0. The van der Waals surface area contributed by atoms with Gasteiger partial charge in [0.2, 0.25) is 0 Å². The monoisotopic (exact) mass is 380 g/mol. The molecular formula is C28H28O. The number of Topliss-reactive ketones (excluding diaryl/α,β-unsaturated/α-hetero) is 1. The third-order valence-corrected chi connectivity index (χ3v) is 8.74. The number of allylic oxidation sites excluding steroid dienone is 2. The highest BCUT2D eigenvalue weighted by Gasteiger charge is 2.55. The van der Waals surface area contributed by atoms with Gasteiger partial charge in [-0.15, -0.1) is 0 Å². The van der Waals surface area contributed by atoms with Crippen LogP contribution in [0.4, 0.5) is 0 Å². The average molecular weight is 381 g/mol. The molecule has 0 aromatic heterocycles. The Bertz CT molecular complexity index is 1320. The minimum Gasteiger partial charge on any atom is -0.294 e. The van der Waals surface area contributed by atoms with Crippen molar-refractivity contribution in [1.29, 1.82) is 0 Å². The zero-order chi connectivity index (χ0) is 20.4. The van der Waals surface area contributed by atoms with Gasteiger partial charge in [0.25, 0.3) is 0 Å². The second kappa shape index (κ2) is 5.39. The maximum atomic E-state index is 13.8. The van der Waals surface area contributed by atoms with Crippen LogP contribution in [0.1, 0.15) is 61.6 Å². The summed E-state index contributed by atoms with van der Waals surface area (Å²) >= 11 is 0. The molecule has 1 saturated carbocycles. The molecule has 0 N–H and O–H groups in total. The van der Waals surface area contributed by atoms with Crippen LogP contribution in [0.2, 0.25) is 0 Å². The van der Waals surface area contributed by atoms with E-state index in [1.165, 1.54) is 60.5 Å². The van der Waals surface area contributed by atoms with Crippen molar-refractivity contribution in [2.75, 3.05) is 0 Å². The summed E-state index contributed by atoms with van der Waals surface area (Å²) in [4.78, 5) is 13.8. The van der Waals surface area contributed by atoms with Crippen molar-refractivity contribution < 1.29 is 4.79 Å². The predicted molar refractivity (Wildman–Crippen MR) is 121 cm³/mol. The number of carbonyl (C=O) groups excluding carboxylic acids is 1. The Kier molecular flexibility index (Phi) is 3.24. The van der Waals surface area contributed by atoms with Gasteiger partial charge in [-0.25, -0.2) is 0 Å². The molecule has 3 aromatic carbocycles. The molecule has 0 saturated heterocycles. The van der Waals surface area contributed by atoms with Gasteiger partial charge in [0.05, 0.1) is 0 Å². The Morgan fingerprint density at radius 3 is 1.83 bits per heavy atom. The first kappa shape index (κ1) is 17.4. The zero-order valence-electron chi connectivity index (χ0n) is 18.2. The van der Waals surface area contributed by atoms with E-state index in [4.69, 9.17) is 0 Å². The lowest BCUT2D eigenvalue weighted by Crippen LogP contribution is -2.18. The number of benzene rings is 3. The highest BCUT2D eigenvalue weighted by atomic mass is 16.1. The van der Waals surface area contributed by atoms with Gasteiger partial charge < -0.3 is 0 Å². The average Bonchev–Trinajstić information content (AvgIpc) is 3.37. The Morgan fingerprint density at radius 1 is 0.690 bits per heavy atom. The molecule has 1 nitrogen and oxygen atoms in total. The van der Waals surface area contributed by atoms with Gasteiger partial charge in [-0.3, -0.25) is 4.79 Å². The molecule has 0 unspecified atom stereocenters. The van der Waals surface area contributed by atoms with Crippen molar-refractivity contribution in [2.24, 2.45) is 17.8 Å². The SMILES string of the molecule is Cc1cc2c3c(c4cc(C)c(C)c(C)c4c2c(C)c1C)[C@H]1[C@@H](C3=O)[C@@H]2C=C[C@H]1C2. The summed E-state index contributed by atoms with van der Waals surface area (Å²) in [7, 11) is 0. The first-order valence-corrected chi connectivity index (χ1v) is 11.0. The summed E-state index contributed by atoms with van der Waals surface area (Å²) in [5.41, 5.74) is 10.5. The molecule has 0 spiro atoms. The maximum absolute atomic E-state index is 13.8. The minimum absolute atomic E-state index is 0.164. The molecule has 0 radical (unpaired) electrons. The van der Waals surface area contributed by atoms with Crippen LogP contribution in [0, 0.1) is 59.3 Å². The van der Waals surface area contributed by atoms with Crippen molar-refractivity contribution in [3.63, 3.8) is 0 Å². The second-order valence-electron chi connectivity index (χ2n) is 9.88. The highest BCUT2D eigenvalue weighted by Crippen LogP contribution is 2.61. The molecule has 3 aliphatic carbocycles. The molecule has 0 heterocycles. The van der Waals surface area contributed by atoms with Gasteiger partial charge in [-0.2, -0.15) is 0 Å². The summed E-state index contributed by atoms with van der Waals surface area (Å²) < 4.78 is 0. The Hall–Kier alpha value is -2.41. The first-order chi connectivity index (χ1) is 13.8. The normalized spacial score (nSPS) is 26.8. The van der Waals surface area contributed by atoms with E-state index >= 15 is 0 Å². The molecule has 2 bridgehead atoms. The van der Waals surface area contributed by atoms with Crippen molar-refractivity contribution in [1.82, 2.24) is 0 Å². The molecule has 29 heavy (non-hydrogen) atoms. The molecular weight excluding hydrogens is 352 g/mol. The van der Waals surface area contributed by atoms with Crippen LogP contribution in [0.5, 0.6) is 0 Å². The van der Waals surface area contributed by atoms with Crippen LogP contribution in [0.15, 0.2) is 24.3 Å². The zero-order valence-corrected chi connectivity index (χ0v) is 18.2. The number of hydrogen-bond acceptors (Lipinski definition) is 1. The third kappa shape index (κ3) is 1.90. The van der Waals surface area contributed by atoms with Crippen LogP contribution in [-0.2, 0) is 0 Å². The van der Waals surface area contributed by atoms with E-state index < -0.39 is 0 Å². The van der Waals surface area contributed by atoms with Crippen molar-refractivity contribution >= 4 is 27.3 Å². The Balaban J connectivity index is 1.90.